The number of H-pyrrole nitrogens is 1. The van der Waals surface area contributed by atoms with E-state index in [9.17, 15) is 9.90 Å². The third kappa shape index (κ3) is 2.28. The zero-order chi connectivity index (χ0) is 16.1. The molecule has 0 saturated carbocycles. The molecule has 1 aliphatic heterocycles. The third-order valence-electron chi connectivity index (χ3n) is 4.96. The molecule has 0 radical (unpaired) electrons. The summed E-state index contributed by atoms with van der Waals surface area (Å²) in [5.74, 6) is -0.360. The predicted octanol–water partition coefficient (Wildman–Crippen LogP) is 1.49. The van der Waals surface area contributed by atoms with Crippen molar-refractivity contribution in [3.05, 3.63) is 41.6 Å². The van der Waals surface area contributed by atoms with Crippen LogP contribution in [-0.2, 0) is 11.2 Å². The highest BCUT2D eigenvalue weighted by Gasteiger charge is 2.35. The minimum atomic E-state index is -0.824. The number of carbonyl (C=O) groups is 1. The molecule has 23 heavy (non-hydrogen) atoms. The largest absolute Gasteiger partial charge is 0.374 e. The molecule has 2 aromatic rings. The highest BCUT2D eigenvalue weighted by molar-refractivity contribution is 5.99. The van der Waals surface area contributed by atoms with Crippen molar-refractivity contribution < 1.29 is 9.90 Å². The van der Waals surface area contributed by atoms with Gasteiger partial charge >= 0.3 is 0 Å². The van der Waals surface area contributed by atoms with Gasteiger partial charge in [-0.15, -0.1) is 0 Å². The van der Waals surface area contributed by atoms with Crippen LogP contribution in [0, 0.1) is 5.92 Å². The normalized spacial score (nSPS) is 24.9. The smallest absolute Gasteiger partial charge is 0.230 e. The maximum absolute atomic E-state index is 12.3. The second-order valence-corrected chi connectivity index (χ2v) is 6.61. The van der Waals surface area contributed by atoms with Crippen LogP contribution in [0.1, 0.15) is 18.1 Å². The number of hydrogen-bond acceptors (Lipinski definition) is 3. The molecule has 5 heteroatoms. The van der Waals surface area contributed by atoms with Gasteiger partial charge in [-0.3, -0.25) is 9.69 Å². The number of benzene rings is 1. The van der Waals surface area contributed by atoms with E-state index in [1.165, 1.54) is 22.1 Å². The molecule has 0 bridgehead atoms. The van der Waals surface area contributed by atoms with Gasteiger partial charge in [0.2, 0.25) is 5.91 Å². The maximum atomic E-state index is 12.3. The molecule has 120 valence electrons. The van der Waals surface area contributed by atoms with Crippen LogP contribution in [0.5, 0.6) is 0 Å². The van der Waals surface area contributed by atoms with Crippen LogP contribution in [0.25, 0.3) is 16.5 Å². The Morgan fingerprint density at radius 2 is 2.30 bits per heavy atom. The first kappa shape index (κ1) is 14.5. The molecule has 0 spiro atoms. The van der Waals surface area contributed by atoms with Gasteiger partial charge in [0.25, 0.3) is 0 Å². The second-order valence-electron chi connectivity index (χ2n) is 6.61. The van der Waals surface area contributed by atoms with E-state index in [0.29, 0.717) is 12.6 Å². The lowest BCUT2D eigenvalue weighted by Crippen LogP contribution is -2.47. The molecule has 3 N–H and O–H groups in total. The van der Waals surface area contributed by atoms with E-state index in [1.54, 1.807) is 6.92 Å². The van der Waals surface area contributed by atoms with Crippen molar-refractivity contribution >= 4 is 22.4 Å². The fraction of sp³-hybridized carbons (Fsp3) is 0.389. The van der Waals surface area contributed by atoms with E-state index >= 15 is 0 Å². The summed E-state index contributed by atoms with van der Waals surface area (Å²) in [7, 11) is 2.07. The second kappa shape index (κ2) is 5.22. The van der Waals surface area contributed by atoms with Crippen LogP contribution in [0.3, 0.4) is 0 Å². The molecule has 1 amide bonds. The zero-order valence-corrected chi connectivity index (χ0v) is 13.3. The Balaban J connectivity index is 1.80. The molecule has 0 fully saturated rings. The molecule has 2 heterocycles. The van der Waals surface area contributed by atoms with E-state index in [1.807, 2.05) is 0 Å². The van der Waals surface area contributed by atoms with Gasteiger partial charge in [0.1, 0.15) is 6.23 Å². The van der Waals surface area contributed by atoms with Crippen molar-refractivity contribution in [3.63, 3.8) is 0 Å². The summed E-state index contributed by atoms with van der Waals surface area (Å²) in [6.45, 7) is 2.23. The number of aromatic nitrogens is 1. The number of hydrogen-bond donors (Lipinski definition) is 3. The SMILES string of the molecule is C[C@H](O)NC(=O)[C@@H]1C=C2c3cccc4[nH]cc(c34)C[C@H]2N(C)C1. The van der Waals surface area contributed by atoms with Gasteiger partial charge in [0, 0.05) is 29.7 Å². The summed E-state index contributed by atoms with van der Waals surface area (Å²) >= 11 is 0. The third-order valence-corrected chi connectivity index (χ3v) is 4.96. The number of fused-ring (bicyclic) bond motifs is 2. The Kier molecular flexibility index (Phi) is 3.28. The van der Waals surface area contributed by atoms with Crippen molar-refractivity contribution in [3.8, 4) is 0 Å². The van der Waals surface area contributed by atoms with E-state index in [4.69, 9.17) is 0 Å². The molecule has 1 aliphatic carbocycles. The molecule has 0 unspecified atom stereocenters. The van der Waals surface area contributed by atoms with Crippen molar-refractivity contribution in [2.24, 2.45) is 5.92 Å². The number of aliphatic hydroxyl groups is 1. The monoisotopic (exact) mass is 311 g/mol. The number of aliphatic hydroxyl groups excluding tert-OH is 1. The van der Waals surface area contributed by atoms with Crippen LogP contribution in [0.2, 0.25) is 0 Å². The van der Waals surface area contributed by atoms with Gasteiger partial charge in [0.15, 0.2) is 0 Å². The van der Waals surface area contributed by atoms with Gasteiger partial charge < -0.3 is 15.4 Å². The lowest BCUT2D eigenvalue weighted by molar-refractivity contribution is -0.127. The molecule has 0 saturated heterocycles. The minimum Gasteiger partial charge on any atom is -0.374 e. The molecule has 4 rings (SSSR count). The Hall–Kier alpha value is -2.11. The first-order valence-electron chi connectivity index (χ1n) is 8.04. The van der Waals surface area contributed by atoms with Gasteiger partial charge in [-0.25, -0.2) is 0 Å². The van der Waals surface area contributed by atoms with Crippen LogP contribution in [0.15, 0.2) is 30.5 Å². The molecule has 1 aromatic carbocycles. The van der Waals surface area contributed by atoms with Crippen LogP contribution in [-0.4, -0.2) is 46.8 Å². The highest BCUT2D eigenvalue weighted by atomic mass is 16.3. The van der Waals surface area contributed by atoms with E-state index in [-0.39, 0.29) is 11.8 Å². The average molecular weight is 311 g/mol. The van der Waals surface area contributed by atoms with Crippen molar-refractivity contribution in [2.75, 3.05) is 13.6 Å². The van der Waals surface area contributed by atoms with Crippen molar-refractivity contribution in [2.45, 2.75) is 25.6 Å². The van der Waals surface area contributed by atoms with Crippen molar-refractivity contribution in [1.29, 1.82) is 0 Å². The van der Waals surface area contributed by atoms with Gasteiger partial charge in [-0.1, -0.05) is 18.2 Å². The lowest BCUT2D eigenvalue weighted by Gasteiger charge is -2.39. The van der Waals surface area contributed by atoms with Gasteiger partial charge in [0.05, 0.1) is 5.92 Å². The fourth-order valence-electron chi connectivity index (χ4n) is 3.93. The number of likely N-dealkylation sites (N-methyl/N-ethyl adjacent to an activating group) is 1. The molecule has 5 nitrogen and oxygen atoms in total. The van der Waals surface area contributed by atoms with Crippen LogP contribution < -0.4 is 5.32 Å². The molecule has 1 aromatic heterocycles. The maximum Gasteiger partial charge on any atom is 0.230 e. The van der Waals surface area contributed by atoms with Crippen LogP contribution in [0.4, 0.5) is 0 Å². The van der Waals surface area contributed by atoms with E-state index in [0.717, 1.165) is 11.9 Å². The number of aromatic amines is 1. The Morgan fingerprint density at radius 3 is 3.09 bits per heavy atom. The summed E-state index contributed by atoms with van der Waals surface area (Å²) in [5.41, 5.74) is 4.94. The average Bonchev–Trinajstić information content (AvgIpc) is 2.92. The highest BCUT2D eigenvalue weighted by Crippen LogP contribution is 2.40. The van der Waals surface area contributed by atoms with Crippen LogP contribution >= 0.6 is 0 Å². The number of nitrogens with one attached hydrogen (secondary N) is 2. The first-order valence-corrected chi connectivity index (χ1v) is 8.04. The first-order chi connectivity index (χ1) is 11.0. The molecular formula is C18H21N3O2. The zero-order valence-electron chi connectivity index (χ0n) is 13.3. The fourth-order valence-corrected chi connectivity index (χ4v) is 3.93. The van der Waals surface area contributed by atoms with E-state index < -0.39 is 6.23 Å². The summed E-state index contributed by atoms with van der Waals surface area (Å²) in [5, 5.41) is 13.3. The van der Waals surface area contributed by atoms with Crippen molar-refractivity contribution in [1.82, 2.24) is 15.2 Å². The summed E-state index contributed by atoms with van der Waals surface area (Å²) in [6, 6.07) is 6.59. The lowest BCUT2D eigenvalue weighted by atomic mass is 9.80. The van der Waals surface area contributed by atoms with Gasteiger partial charge in [-0.05, 0) is 43.2 Å². The quantitative estimate of drug-likeness (QED) is 0.736. The Bertz CT molecular complexity index is 806. The molecule has 3 atom stereocenters. The summed E-state index contributed by atoms with van der Waals surface area (Å²) in [6.07, 6.45) is 4.33. The predicted molar refractivity (Wildman–Crippen MR) is 89.7 cm³/mol. The number of nitrogens with zero attached hydrogens (tertiary/aromatic N) is 1. The molecule has 2 aliphatic rings. The van der Waals surface area contributed by atoms with E-state index in [2.05, 4.69) is 52.7 Å². The molecular weight excluding hydrogens is 290 g/mol. The summed E-state index contributed by atoms with van der Waals surface area (Å²) in [4.78, 5) is 17.9. The topological polar surface area (TPSA) is 68.4 Å². The summed E-state index contributed by atoms with van der Waals surface area (Å²) < 4.78 is 0. The minimum absolute atomic E-state index is 0.121. The standard InChI is InChI=1S/C18H21N3O2/c1-10(22)20-18(23)12-6-14-13-4-3-5-15-17(13)11(8-19-15)7-16(14)21(2)9-12/h3-6,8,10,12,16,19,22H,7,9H2,1-2H3,(H,20,23)/t10-,12+,16+/m0/s1. The number of amides is 1. The Labute approximate surface area is 135 Å². The number of rotatable bonds is 2. The Morgan fingerprint density at radius 1 is 1.48 bits per heavy atom. The number of carbonyl (C=O) groups excluding carboxylic acids is 1. The van der Waals surface area contributed by atoms with Gasteiger partial charge in [-0.2, -0.15) is 0 Å².